The number of hydrogen-bond acceptors (Lipinski definition) is 4. The molecule has 1 aromatic heterocycles. The molecule has 0 aromatic carbocycles. The molecule has 4 N–H and O–H groups in total. The summed E-state index contributed by atoms with van der Waals surface area (Å²) in [5.74, 6) is -1.44. The van der Waals surface area contributed by atoms with Gasteiger partial charge in [0.1, 0.15) is 5.69 Å². The number of carbonyl (C=O) groups is 2. The number of hydrogen-bond donors (Lipinski definition) is 3. The first-order chi connectivity index (χ1) is 7.86. The molecule has 1 amide bonds. The van der Waals surface area contributed by atoms with Crippen LogP contribution in [0.5, 0.6) is 0 Å². The van der Waals surface area contributed by atoms with Gasteiger partial charge in [0.2, 0.25) is 5.91 Å². The Kier molecular flexibility index (Phi) is 3.80. The van der Waals surface area contributed by atoms with Crippen LogP contribution in [0.4, 0.5) is 5.69 Å². The third kappa shape index (κ3) is 3.25. The monoisotopic (exact) mass is 237 g/mol. The van der Waals surface area contributed by atoms with Crippen molar-refractivity contribution in [1.82, 2.24) is 4.98 Å². The van der Waals surface area contributed by atoms with E-state index in [2.05, 4.69) is 10.3 Å². The third-order valence-electron chi connectivity index (χ3n) is 2.49. The van der Waals surface area contributed by atoms with E-state index in [4.69, 9.17) is 10.8 Å². The van der Waals surface area contributed by atoms with Crippen LogP contribution in [0.2, 0.25) is 0 Å². The van der Waals surface area contributed by atoms with E-state index < -0.39 is 11.5 Å². The van der Waals surface area contributed by atoms with Gasteiger partial charge in [-0.15, -0.1) is 0 Å². The molecule has 6 nitrogen and oxygen atoms in total. The van der Waals surface area contributed by atoms with Gasteiger partial charge in [0.15, 0.2) is 0 Å². The van der Waals surface area contributed by atoms with Crippen molar-refractivity contribution in [2.75, 3.05) is 5.32 Å². The number of carboxylic acid groups (broad SMARTS) is 1. The first-order valence-corrected chi connectivity index (χ1v) is 5.16. The van der Waals surface area contributed by atoms with Crippen LogP contribution in [0.1, 0.15) is 30.8 Å². The van der Waals surface area contributed by atoms with Crippen LogP contribution in [0.25, 0.3) is 0 Å². The number of anilines is 1. The summed E-state index contributed by atoms with van der Waals surface area (Å²) in [6.07, 6.45) is 1.78. The van der Waals surface area contributed by atoms with Gasteiger partial charge in [-0.3, -0.25) is 4.79 Å². The highest BCUT2D eigenvalue weighted by molar-refractivity contribution is 5.97. The fourth-order valence-corrected chi connectivity index (χ4v) is 1.03. The number of carbonyl (C=O) groups excluding carboxylic acids is 1. The first-order valence-electron chi connectivity index (χ1n) is 5.16. The second-order valence-electron chi connectivity index (χ2n) is 3.96. The van der Waals surface area contributed by atoms with Gasteiger partial charge >= 0.3 is 5.97 Å². The van der Waals surface area contributed by atoms with Crippen LogP contribution in [-0.2, 0) is 4.79 Å². The molecule has 0 saturated carbocycles. The molecule has 92 valence electrons. The molecular weight excluding hydrogens is 222 g/mol. The van der Waals surface area contributed by atoms with E-state index in [1.807, 2.05) is 6.92 Å². The zero-order valence-electron chi connectivity index (χ0n) is 9.73. The third-order valence-corrected chi connectivity index (χ3v) is 2.49. The van der Waals surface area contributed by atoms with E-state index in [1.165, 1.54) is 18.3 Å². The quantitative estimate of drug-likeness (QED) is 0.719. The summed E-state index contributed by atoms with van der Waals surface area (Å²) in [5.41, 5.74) is 5.15. The maximum absolute atomic E-state index is 11.7. The summed E-state index contributed by atoms with van der Waals surface area (Å²) in [6, 6.07) is 2.79. The zero-order chi connectivity index (χ0) is 13.1. The first kappa shape index (κ1) is 13.1. The molecule has 0 bridgehead atoms. The minimum atomic E-state index is -1.11. The highest BCUT2D eigenvalue weighted by atomic mass is 16.4. The van der Waals surface area contributed by atoms with Crippen LogP contribution in [0, 0.1) is 0 Å². The van der Waals surface area contributed by atoms with Gasteiger partial charge in [0.25, 0.3) is 0 Å². The van der Waals surface area contributed by atoms with Gasteiger partial charge in [-0.05, 0) is 25.5 Å². The van der Waals surface area contributed by atoms with Crippen molar-refractivity contribution in [3.63, 3.8) is 0 Å². The van der Waals surface area contributed by atoms with Crippen molar-refractivity contribution in [1.29, 1.82) is 0 Å². The van der Waals surface area contributed by atoms with Gasteiger partial charge in [0, 0.05) is 0 Å². The van der Waals surface area contributed by atoms with Gasteiger partial charge in [-0.1, -0.05) is 6.92 Å². The standard InChI is InChI=1S/C11H15N3O3/c1-3-11(2,12)10(17)14-7-4-5-8(9(15)16)13-6-7/h4-6H,3,12H2,1-2H3,(H,14,17)(H,15,16). The maximum Gasteiger partial charge on any atom is 0.354 e. The van der Waals surface area contributed by atoms with E-state index >= 15 is 0 Å². The number of amides is 1. The lowest BCUT2D eigenvalue weighted by molar-refractivity contribution is -0.120. The van der Waals surface area contributed by atoms with Gasteiger partial charge in [-0.25, -0.2) is 9.78 Å². The summed E-state index contributed by atoms with van der Waals surface area (Å²) in [7, 11) is 0. The van der Waals surface area contributed by atoms with Gasteiger partial charge in [0.05, 0.1) is 17.4 Å². The number of nitrogens with two attached hydrogens (primary N) is 1. The summed E-state index contributed by atoms with van der Waals surface area (Å²) < 4.78 is 0. The van der Waals surface area contributed by atoms with E-state index in [9.17, 15) is 9.59 Å². The Bertz CT molecular complexity index is 426. The molecule has 1 aromatic rings. The van der Waals surface area contributed by atoms with Crippen LogP contribution in [-0.4, -0.2) is 27.5 Å². The minimum Gasteiger partial charge on any atom is -0.477 e. The van der Waals surface area contributed by atoms with E-state index in [-0.39, 0.29) is 11.6 Å². The molecule has 1 atom stereocenters. The molecule has 0 aliphatic carbocycles. The van der Waals surface area contributed by atoms with Crippen molar-refractivity contribution in [3.8, 4) is 0 Å². The van der Waals surface area contributed by atoms with Crippen molar-refractivity contribution in [2.45, 2.75) is 25.8 Å². The predicted octanol–water partition coefficient (Wildman–Crippen LogP) is 0.846. The average molecular weight is 237 g/mol. The summed E-state index contributed by atoms with van der Waals surface area (Å²) in [4.78, 5) is 26.0. The highest BCUT2D eigenvalue weighted by Crippen LogP contribution is 2.11. The second-order valence-corrected chi connectivity index (χ2v) is 3.96. The van der Waals surface area contributed by atoms with Crippen molar-refractivity contribution < 1.29 is 14.7 Å². The normalized spacial score (nSPS) is 13.8. The number of nitrogens with zero attached hydrogens (tertiary/aromatic N) is 1. The molecular formula is C11H15N3O3. The van der Waals surface area contributed by atoms with Crippen LogP contribution < -0.4 is 11.1 Å². The van der Waals surface area contributed by atoms with Crippen LogP contribution in [0.15, 0.2) is 18.3 Å². The lowest BCUT2D eigenvalue weighted by Gasteiger charge is -2.21. The Hall–Kier alpha value is -1.95. The molecule has 1 rings (SSSR count). The fraction of sp³-hybridized carbons (Fsp3) is 0.364. The Morgan fingerprint density at radius 1 is 1.53 bits per heavy atom. The lowest BCUT2D eigenvalue weighted by Crippen LogP contribution is -2.47. The molecule has 1 heterocycles. The molecule has 0 aliphatic rings. The van der Waals surface area contributed by atoms with Crippen molar-refractivity contribution in [2.24, 2.45) is 5.73 Å². The minimum absolute atomic E-state index is 0.0750. The molecule has 17 heavy (non-hydrogen) atoms. The number of aromatic carboxylic acids is 1. The fourth-order valence-electron chi connectivity index (χ4n) is 1.03. The Labute approximate surface area is 98.8 Å². The summed E-state index contributed by atoms with van der Waals surface area (Å²) >= 11 is 0. The van der Waals surface area contributed by atoms with E-state index in [0.29, 0.717) is 12.1 Å². The summed E-state index contributed by atoms with van der Waals surface area (Å²) in [5, 5.41) is 11.2. The second kappa shape index (κ2) is 4.92. The van der Waals surface area contributed by atoms with E-state index in [0.717, 1.165) is 0 Å². The number of pyridine rings is 1. The molecule has 1 unspecified atom stereocenters. The van der Waals surface area contributed by atoms with Crippen LogP contribution in [0.3, 0.4) is 0 Å². The SMILES string of the molecule is CCC(C)(N)C(=O)Nc1ccc(C(=O)O)nc1. The maximum atomic E-state index is 11.7. The average Bonchev–Trinajstić information content (AvgIpc) is 2.29. The molecule has 0 radical (unpaired) electrons. The Morgan fingerprint density at radius 2 is 2.18 bits per heavy atom. The largest absolute Gasteiger partial charge is 0.477 e. The number of aromatic nitrogens is 1. The molecule has 0 spiro atoms. The summed E-state index contributed by atoms with van der Waals surface area (Å²) in [6.45, 7) is 3.44. The zero-order valence-corrected chi connectivity index (χ0v) is 9.73. The number of carboxylic acids is 1. The molecule has 0 fully saturated rings. The number of rotatable bonds is 4. The van der Waals surface area contributed by atoms with Crippen molar-refractivity contribution in [3.05, 3.63) is 24.0 Å². The predicted molar refractivity (Wildman–Crippen MR) is 62.7 cm³/mol. The highest BCUT2D eigenvalue weighted by Gasteiger charge is 2.25. The molecule has 0 aliphatic heterocycles. The van der Waals surface area contributed by atoms with Crippen LogP contribution >= 0.6 is 0 Å². The Balaban J connectivity index is 2.76. The topological polar surface area (TPSA) is 105 Å². The number of nitrogens with one attached hydrogen (secondary N) is 1. The van der Waals surface area contributed by atoms with Crippen molar-refractivity contribution >= 4 is 17.6 Å². The molecule has 0 saturated heterocycles. The van der Waals surface area contributed by atoms with Gasteiger partial charge < -0.3 is 16.2 Å². The molecule has 6 heteroatoms. The van der Waals surface area contributed by atoms with E-state index in [1.54, 1.807) is 6.92 Å². The Morgan fingerprint density at radius 3 is 2.59 bits per heavy atom. The smallest absolute Gasteiger partial charge is 0.354 e. The van der Waals surface area contributed by atoms with Gasteiger partial charge in [-0.2, -0.15) is 0 Å². The lowest BCUT2D eigenvalue weighted by atomic mass is 9.99.